The van der Waals surface area contributed by atoms with Crippen LogP contribution in [-0.4, -0.2) is 52.5 Å². The first-order valence-electron chi connectivity index (χ1n) is 6.77. The van der Waals surface area contributed by atoms with Crippen LogP contribution in [0.3, 0.4) is 0 Å². The Labute approximate surface area is 126 Å². The Kier molecular flexibility index (Phi) is 6.32. The van der Waals surface area contributed by atoms with Crippen molar-refractivity contribution >= 4 is 15.9 Å². The molecule has 1 amide bonds. The summed E-state index contributed by atoms with van der Waals surface area (Å²) in [5.74, 6) is -0.282. The summed E-state index contributed by atoms with van der Waals surface area (Å²) in [6, 6.07) is 6.02. The number of rotatable bonds is 7. The van der Waals surface area contributed by atoms with Gasteiger partial charge in [0.05, 0.1) is 4.90 Å². The van der Waals surface area contributed by atoms with Gasteiger partial charge in [-0.15, -0.1) is 0 Å². The molecule has 0 heterocycles. The van der Waals surface area contributed by atoms with Gasteiger partial charge in [-0.25, -0.2) is 13.1 Å². The summed E-state index contributed by atoms with van der Waals surface area (Å²) in [4.78, 5) is 13.9. The van der Waals surface area contributed by atoms with Crippen molar-refractivity contribution < 1.29 is 13.2 Å². The molecule has 0 spiro atoms. The zero-order valence-electron chi connectivity index (χ0n) is 12.9. The zero-order valence-corrected chi connectivity index (χ0v) is 13.7. The van der Waals surface area contributed by atoms with Gasteiger partial charge >= 0.3 is 0 Å². The molecule has 0 fully saturated rings. The molecule has 0 saturated carbocycles. The standard InChI is InChI=1S/C14H23N3O3S/c1-11(2)16-14(18)12-6-5-7-13(10-12)21(19,20)15-8-9-17(3)4/h5-7,10-11,15H,8-9H2,1-4H3,(H,16,18). The van der Waals surface area contributed by atoms with E-state index in [1.54, 1.807) is 12.1 Å². The molecule has 118 valence electrons. The summed E-state index contributed by atoms with van der Waals surface area (Å²) in [5.41, 5.74) is 0.333. The van der Waals surface area contributed by atoms with Crippen LogP contribution in [0.1, 0.15) is 24.2 Å². The lowest BCUT2D eigenvalue weighted by Crippen LogP contribution is -2.32. The van der Waals surface area contributed by atoms with Crippen molar-refractivity contribution in [1.29, 1.82) is 0 Å². The fourth-order valence-electron chi connectivity index (χ4n) is 1.64. The molecule has 7 heteroatoms. The number of benzene rings is 1. The van der Waals surface area contributed by atoms with Crippen LogP contribution in [0, 0.1) is 0 Å². The molecule has 0 aliphatic carbocycles. The highest BCUT2D eigenvalue weighted by Gasteiger charge is 2.16. The first kappa shape index (κ1) is 17.6. The minimum absolute atomic E-state index is 0.00372. The Bertz CT molecular complexity index is 583. The second-order valence-corrected chi connectivity index (χ2v) is 7.12. The lowest BCUT2D eigenvalue weighted by atomic mass is 10.2. The molecule has 0 saturated heterocycles. The molecule has 1 rings (SSSR count). The van der Waals surface area contributed by atoms with Crippen molar-refractivity contribution in [1.82, 2.24) is 14.9 Å². The number of hydrogen-bond acceptors (Lipinski definition) is 4. The molecule has 0 unspecified atom stereocenters. The highest BCUT2D eigenvalue weighted by molar-refractivity contribution is 7.89. The van der Waals surface area contributed by atoms with Gasteiger partial charge in [-0.1, -0.05) is 6.07 Å². The average Bonchev–Trinajstić information content (AvgIpc) is 2.37. The Balaban J connectivity index is 2.86. The van der Waals surface area contributed by atoms with Crippen LogP contribution in [0.4, 0.5) is 0 Å². The predicted octanol–water partition coefficient (Wildman–Crippen LogP) is 0.665. The van der Waals surface area contributed by atoms with E-state index < -0.39 is 10.0 Å². The zero-order chi connectivity index (χ0) is 16.0. The van der Waals surface area contributed by atoms with E-state index in [0.717, 1.165) is 0 Å². The number of likely N-dealkylation sites (N-methyl/N-ethyl adjacent to an activating group) is 1. The van der Waals surface area contributed by atoms with Gasteiger partial charge in [0.15, 0.2) is 0 Å². The fourth-order valence-corrected chi connectivity index (χ4v) is 2.70. The summed E-state index contributed by atoms with van der Waals surface area (Å²) < 4.78 is 26.8. The van der Waals surface area contributed by atoms with Gasteiger partial charge in [0.2, 0.25) is 10.0 Å². The van der Waals surface area contributed by atoms with Gasteiger partial charge < -0.3 is 10.2 Å². The molecule has 0 aliphatic rings. The van der Waals surface area contributed by atoms with Crippen LogP contribution >= 0.6 is 0 Å². The lowest BCUT2D eigenvalue weighted by Gasteiger charge is -2.12. The van der Waals surface area contributed by atoms with Gasteiger partial charge in [-0.3, -0.25) is 4.79 Å². The smallest absolute Gasteiger partial charge is 0.251 e. The molecule has 0 bridgehead atoms. The predicted molar refractivity (Wildman–Crippen MR) is 82.8 cm³/mol. The maximum absolute atomic E-state index is 12.1. The number of carbonyl (C=O) groups excluding carboxylic acids is 1. The monoisotopic (exact) mass is 313 g/mol. The Morgan fingerprint density at radius 3 is 2.52 bits per heavy atom. The Morgan fingerprint density at radius 1 is 1.29 bits per heavy atom. The fraction of sp³-hybridized carbons (Fsp3) is 0.500. The van der Waals surface area contributed by atoms with E-state index in [4.69, 9.17) is 0 Å². The minimum Gasteiger partial charge on any atom is -0.350 e. The van der Waals surface area contributed by atoms with Crippen LogP contribution in [0.25, 0.3) is 0 Å². The highest BCUT2D eigenvalue weighted by Crippen LogP contribution is 2.11. The van der Waals surface area contributed by atoms with Crippen LogP contribution in [0.5, 0.6) is 0 Å². The van der Waals surface area contributed by atoms with Crippen molar-refractivity contribution in [3.05, 3.63) is 29.8 Å². The molecule has 0 radical (unpaired) electrons. The molecule has 1 aromatic carbocycles. The number of nitrogens with one attached hydrogen (secondary N) is 2. The van der Waals surface area contributed by atoms with Crippen molar-refractivity contribution in [2.24, 2.45) is 0 Å². The SMILES string of the molecule is CC(C)NC(=O)c1cccc(S(=O)(=O)NCCN(C)C)c1. The summed E-state index contributed by atoms with van der Waals surface area (Å²) in [7, 11) is 0.135. The molecular formula is C14H23N3O3S. The van der Waals surface area contributed by atoms with E-state index in [1.807, 2.05) is 32.8 Å². The summed E-state index contributed by atoms with van der Waals surface area (Å²) >= 11 is 0. The van der Waals surface area contributed by atoms with Crippen molar-refractivity contribution in [2.45, 2.75) is 24.8 Å². The van der Waals surface area contributed by atoms with E-state index in [9.17, 15) is 13.2 Å². The number of hydrogen-bond donors (Lipinski definition) is 2. The molecule has 0 aromatic heterocycles. The van der Waals surface area contributed by atoms with E-state index in [0.29, 0.717) is 18.7 Å². The second kappa shape index (κ2) is 7.53. The summed E-state index contributed by atoms with van der Waals surface area (Å²) in [5, 5.41) is 2.73. The number of nitrogens with zero attached hydrogens (tertiary/aromatic N) is 1. The molecule has 21 heavy (non-hydrogen) atoms. The van der Waals surface area contributed by atoms with Crippen LogP contribution in [-0.2, 0) is 10.0 Å². The number of amides is 1. The van der Waals surface area contributed by atoms with Gasteiger partial charge in [0.1, 0.15) is 0 Å². The van der Waals surface area contributed by atoms with Gasteiger partial charge in [0, 0.05) is 24.7 Å². The quantitative estimate of drug-likeness (QED) is 0.775. The van der Waals surface area contributed by atoms with Gasteiger partial charge in [0.25, 0.3) is 5.91 Å². The van der Waals surface area contributed by atoms with E-state index in [-0.39, 0.29) is 16.8 Å². The van der Waals surface area contributed by atoms with Crippen molar-refractivity contribution in [3.8, 4) is 0 Å². The summed E-state index contributed by atoms with van der Waals surface area (Å²) in [6.07, 6.45) is 0. The van der Waals surface area contributed by atoms with Crippen LogP contribution in [0.15, 0.2) is 29.2 Å². The molecule has 1 aromatic rings. The first-order chi connectivity index (χ1) is 9.72. The molecule has 2 N–H and O–H groups in total. The third kappa shape index (κ3) is 5.82. The van der Waals surface area contributed by atoms with E-state index in [1.165, 1.54) is 12.1 Å². The molecule has 0 atom stereocenters. The topological polar surface area (TPSA) is 78.5 Å². The second-order valence-electron chi connectivity index (χ2n) is 5.36. The van der Waals surface area contributed by atoms with Gasteiger partial charge in [-0.05, 0) is 46.1 Å². The average molecular weight is 313 g/mol. The van der Waals surface area contributed by atoms with E-state index >= 15 is 0 Å². The van der Waals surface area contributed by atoms with E-state index in [2.05, 4.69) is 10.0 Å². The van der Waals surface area contributed by atoms with Crippen molar-refractivity contribution in [2.75, 3.05) is 27.2 Å². The molecule has 6 nitrogen and oxygen atoms in total. The highest BCUT2D eigenvalue weighted by atomic mass is 32.2. The Morgan fingerprint density at radius 2 is 1.95 bits per heavy atom. The Hall–Kier alpha value is -1.44. The molecule has 0 aliphatic heterocycles. The third-order valence-electron chi connectivity index (χ3n) is 2.68. The minimum atomic E-state index is -3.60. The maximum Gasteiger partial charge on any atom is 0.251 e. The molecular weight excluding hydrogens is 290 g/mol. The van der Waals surface area contributed by atoms with Crippen LogP contribution < -0.4 is 10.0 Å². The first-order valence-corrected chi connectivity index (χ1v) is 8.26. The maximum atomic E-state index is 12.1. The lowest BCUT2D eigenvalue weighted by molar-refractivity contribution is 0.0943. The summed E-state index contributed by atoms with van der Waals surface area (Å²) in [6.45, 7) is 4.62. The van der Waals surface area contributed by atoms with Crippen molar-refractivity contribution in [3.63, 3.8) is 0 Å². The third-order valence-corrected chi connectivity index (χ3v) is 4.14. The number of sulfonamides is 1. The normalized spacial score (nSPS) is 11.9. The number of carbonyl (C=O) groups is 1. The van der Waals surface area contributed by atoms with Gasteiger partial charge in [-0.2, -0.15) is 0 Å². The largest absolute Gasteiger partial charge is 0.350 e. The van der Waals surface area contributed by atoms with Crippen LogP contribution in [0.2, 0.25) is 0 Å².